The number of aryl methyl sites for hydroxylation is 2. The van der Waals surface area contributed by atoms with Crippen LogP contribution in [0, 0.1) is 13.8 Å². The van der Waals surface area contributed by atoms with Crippen LogP contribution in [-0.2, 0) is 11.3 Å². The number of benzene rings is 1. The van der Waals surface area contributed by atoms with Gasteiger partial charge in [0.15, 0.2) is 5.13 Å². The van der Waals surface area contributed by atoms with Gasteiger partial charge in [-0.2, -0.15) is 0 Å². The summed E-state index contributed by atoms with van der Waals surface area (Å²) in [4.78, 5) is 19.1. The highest BCUT2D eigenvalue weighted by Gasteiger charge is 2.11. The maximum atomic E-state index is 12.1. The molecule has 0 aliphatic heterocycles. The van der Waals surface area contributed by atoms with Gasteiger partial charge in [-0.3, -0.25) is 9.69 Å². The molecule has 1 aromatic heterocycles. The van der Waals surface area contributed by atoms with Crippen molar-refractivity contribution in [3.63, 3.8) is 0 Å². The Morgan fingerprint density at radius 2 is 2.00 bits per heavy atom. The number of para-hydroxylation sites is 1. The Balaban J connectivity index is 0.00000242. The van der Waals surface area contributed by atoms with Gasteiger partial charge in [0.05, 0.1) is 6.54 Å². The maximum absolute atomic E-state index is 12.1. The van der Waals surface area contributed by atoms with Crippen molar-refractivity contribution in [2.24, 2.45) is 0 Å². The first-order valence-corrected chi connectivity index (χ1v) is 7.52. The summed E-state index contributed by atoms with van der Waals surface area (Å²) in [5, 5.41) is 3.54. The van der Waals surface area contributed by atoms with Crippen LogP contribution in [0.25, 0.3) is 0 Å². The van der Waals surface area contributed by atoms with E-state index in [1.165, 1.54) is 11.3 Å². The highest BCUT2D eigenvalue weighted by atomic mass is 35.5. The molecule has 5 nitrogen and oxygen atoms in total. The molecule has 0 spiro atoms. The second kappa shape index (κ2) is 8.12. The predicted molar refractivity (Wildman–Crippen MR) is 94.7 cm³/mol. The van der Waals surface area contributed by atoms with Crippen molar-refractivity contribution in [2.75, 3.05) is 24.6 Å². The molecule has 3 N–H and O–H groups in total. The smallest absolute Gasteiger partial charge is 0.238 e. The van der Waals surface area contributed by atoms with Crippen molar-refractivity contribution in [1.29, 1.82) is 0 Å². The van der Waals surface area contributed by atoms with E-state index in [1.807, 2.05) is 44.0 Å². The lowest BCUT2D eigenvalue weighted by Gasteiger charge is -2.16. The number of carbonyl (C=O) groups excluding carboxylic acids is 1. The average molecular weight is 341 g/mol. The molecule has 22 heavy (non-hydrogen) atoms. The number of anilines is 2. The number of thiazole rings is 1. The monoisotopic (exact) mass is 340 g/mol. The summed E-state index contributed by atoms with van der Waals surface area (Å²) >= 11 is 1.45. The zero-order chi connectivity index (χ0) is 15.4. The molecule has 0 aliphatic rings. The lowest BCUT2D eigenvalue weighted by Crippen LogP contribution is -2.30. The number of nitrogens with one attached hydrogen (secondary N) is 1. The second-order valence-corrected chi connectivity index (χ2v) is 6.30. The van der Waals surface area contributed by atoms with Crippen molar-refractivity contribution in [1.82, 2.24) is 9.88 Å². The molecule has 0 atom stereocenters. The van der Waals surface area contributed by atoms with E-state index in [2.05, 4.69) is 10.3 Å². The molecule has 0 unspecified atom stereocenters. The Labute approximate surface area is 141 Å². The molecule has 0 fully saturated rings. The summed E-state index contributed by atoms with van der Waals surface area (Å²) in [5.74, 6) is -0.0209. The molecule has 2 rings (SSSR count). The highest BCUT2D eigenvalue weighted by Crippen LogP contribution is 2.19. The first-order valence-electron chi connectivity index (χ1n) is 6.70. The number of hydrogen-bond acceptors (Lipinski definition) is 5. The fraction of sp³-hybridized carbons (Fsp3) is 0.333. The van der Waals surface area contributed by atoms with E-state index in [1.54, 1.807) is 6.20 Å². The summed E-state index contributed by atoms with van der Waals surface area (Å²) in [5.41, 5.74) is 8.64. The van der Waals surface area contributed by atoms with Gasteiger partial charge >= 0.3 is 0 Å². The fourth-order valence-electron chi connectivity index (χ4n) is 2.15. The van der Waals surface area contributed by atoms with E-state index < -0.39 is 0 Å². The Morgan fingerprint density at radius 1 is 1.36 bits per heavy atom. The fourth-order valence-corrected chi connectivity index (χ4v) is 2.92. The lowest BCUT2D eigenvalue weighted by atomic mass is 10.1. The van der Waals surface area contributed by atoms with Crippen LogP contribution in [0.3, 0.4) is 0 Å². The lowest BCUT2D eigenvalue weighted by molar-refractivity contribution is -0.117. The summed E-state index contributed by atoms with van der Waals surface area (Å²) in [6, 6.07) is 5.97. The summed E-state index contributed by atoms with van der Waals surface area (Å²) in [6.45, 7) is 4.97. The van der Waals surface area contributed by atoms with E-state index >= 15 is 0 Å². The number of likely N-dealkylation sites (N-methyl/N-ethyl adjacent to an activating group) is 1. The van der Waals surface area contributed by atoms with Crippen molar-refractivity contribution < 1.29 is 4.79 Å². The van der Waals surface area contributed by atoms with E-state index in [9.17, 15) is 4.79 Å². The number of nitrogens with two attached hydrogens (primary N) is 1. The highest BCUT2D eigenvalue weighted by molar-refractivity contribution is 7.15. The van der Waals surface area contributed by atoms with Gasteiger partial charge in [-0.1, -0.05) is 18.2 Å². The average Bonchev–Trinajstić information content (AvgIpc) is 2.79. The molecule has 0 aliphatic carbocycles. The zero-order valence-corrected chi connectivity index (χ0v) is 14.6. The number of carbonyl (C=O) groups is 1. The van der Waals surface area contributed by atoms with E-state index in [0.29, 0.717) is 18.2 Å². The summed E-state index contributed by atoms with van der Waals surface area (Å²) in [7, 11) is 1.90. The standard InChI is InChI=1S/C15H20N4OS.ClH/c1-10-5-4-6-11(2)14(10)18-13(20)9-19(3)8-12-7-17-15(16)21-12;/h4-7H,8-9H2,1-3H3,(H2,16,17)(H,18,20);1H. The maximum Gasteiger partial charge on any atom is 0.238 e. The molecule has 0 radical (unpaired) electrons. The summed E-state index contributed by atoms with van der Waals surface area (Å²) < 4.78 is 0. The van der Waals surface area contributed by atoms with E-state index in [-0.39, 0.29) is 18.3 Å². The van der Waals surface area contributed by atoms with Crippen LogP contribution in [0.2, 0.25) is 0 Å². The van der Waals surface area contributed by atoms with Crippen LogP contribution in [0.4, 0.5) is 10.8 Å². The summed E-state index contributed by atoms with van der Waals surface area (Å²) in [6.07, 6.45) is 1.75. The third-order valence-electron chi connectivity index (χ3n) is 3.16. The third kappa shape index (κ3) is 4.98. The number of halogens is 1. The Kier molecular flexibility index (Phi) is 6.80. The largest absolute Gasteiger partial charge is 0.375 e. The molecule has 0 bridgehead atoms. The minimum absolute atomic E-state index is 0. The van der Waals surface area contributed by atoms with Crippen LogP contribution in [0.1, 0.15) is 16.0 Å². The molecule has 7 heteroatoms. The van der Waals surface area contributed by atoms with Crippen molar-refractivity contribution in [3.05, 3.63) is 40.4 Å². The van der Waals surface area contributed by atoms with Gasteiger partial charge in [-0.05, 0) is 32.0 Å². The third-order valence-corrected chi connectivity index (χ3v) is 3.97. The number of aromatic nitrogens is 1. The van der Waals surface area contributed by atoms with Gasteiger partial charge in [-0.15, -0.1) is 23.7 Å². The SMILES string of the molecule is Cc1cccc(C)c1NC(=O)CN(C)Cc1cnc(N)s1.Cl. The number of nitrogen functional groups attached to an aromatic ring is 1. The molecule has 1 amide bonds. The molecule has 120 valence electrons. The number of hydrogen-bond donors (Lipinski definition) is 2. The Morgan fingerprint density at radius 3 is 2.55 bits per heavy atom. The topological polar surface area (TPSA) is 71.2 Å². The van der Waals surface area contributed by atoms with Crippen LogP contribution in [0.15, 0.2) is 24.4 Å². The normalized spacial score (nSPS) is 10.4. The van der Waals surface area contributed by atoms with Gasteiger partial charge in [-0.25, -0.2) is 4.98 Å². The van der Waals surface area contributed by atoms with Crippen molar-refractivity contribution >= 4 is 40.5 Å². The van der Waals surface area contributed by atoms with Gasteiger partial charge in [0.1, 0.15) is 0 Å². The van der Waals surface area contributed by atoms with Crippen LogP contribution < -0.4 is 11.1 Å². The molecule has 1 heterocycles. The first-order chi connectivity index (χ1) is 9.95. The van der Waals surface area contributed by atoms with Crippen LogP contribution >= 0.6 is 23.7 Å². The number of rotatable bonds is 5. The predicted octanol–water partition coefficient (Wildman–Crippen LogP) is 2.83. The van der Waals surface area contributed by atoms with Gasteiger partial charge in [0.25, 0.3) is 0 Å². The van der Waals surface area contributed by atoms with Gasteiger partial charge in [0, 0.05) is 23.3 Å². The van der Waals surface area contributed by atoms with E-state index in [0.717, 1.165) is 21.7 Å². The van der Waals surface area contributed by atoms with E-state index in [4.69, 9.17) is 5.73 Å². The van der Waals surface area contributed by atoms with Gasteiger partial charge < -0.3 is 11.1 Å². The minimum atomic E-state index is -0.0209. The van der Waals surface area contributed by atoms with Crippen LogP contribution in [0.5, 0.6) is 0 Å². The van der Waals surface area contributed by atoms with Crippen molar-refractivity contribution in [3.8, 4) is 0 Å². The number of amides is 1. The molecule has 1 aromatic carbocycles. The molecule has 0 saturated heterocycles. The Bertz CT molecular complexity index is 624. The van der Waals surface area contributed by atoms with Gasteiger partial charge in [0.2, 0.25) is 5.91 Å². The minimum Gasteiger partial charge on any atom is -0.375 e. The van der Waals surface area contributed by atoms with Crippen molar-refractivity contribution in [2.45, 2.75) is 20.4 Å². The van der Waals surface area contributed by atoms with Crippen LogP contribution in [-0.4, -0.2) is 29.4 Å². The molecular formula is C15H21ClN4OS. The quantitative estimate of drug-likeness (QED) is 0.878. The molecule has 0 saturated carbocycles. The molecule has 2 aromatic rings. The molecular weight excluding hydrogens is 320 g/mol. The first kappa shape index (κ1) is 18.4. The Hall–Kier alpha value is -1.63. The number of nitrogens with zero attached hydrogens (tertiary/aromatic N) is 2. The zero-order valence-electron chi connectivity index (χ0n) is 12.9. The second-order valence-electron chi connectivity index (χ2n) is 5.15.